The van der Waals surface area contributed by atoms with Crippen LogP contribution in [0.1, 0.15) is 65.7 Å². The molecule has 0 bridgehead atoms. The van der Waals surface area contributed by atoms with Crippen LogP contribution in [0.4, 0.5) is 0 Å². The summed E-state index contributed by atoms with van der Waals surface area (Å²) < 4.78 is 0. The van der Waals surface area contributed by atoms with Crippen molar-refractivity contribution in [3.8, 4) is 0 Å². The molecule has 1 aliphatic rings. The molecule has 1 atom stereocenters. The van der Waals surface area contributed by atoms with E-state index in [-0.39, 0.29) is 5.60 Å². The van der Waals surface area contributed by atoms with Crippen LogP contribution in [0.5, 0.6) is 0 Å². The Labute approximate surface area is 107 Å². The largest absolute Gasteiger partial charge is 0.390 e. The minimum atomic E-state index is -0.376. The molecular weight excluding hydrogens is 210 g/mol. The summed E-state index contributed by atoms with van der Waals surface area (Å²) in [5, 5.41) is 10.7. The third-order valence-corrected chi connectivity index (χ3v) is 4.37. The van der Waals surface area contributed by atoms with Gasteiger partial charge in [0.1, 0.15) is 0 Å². The average Bonchev–Trinajstić information content (AvgIpc) is 2.50. The molecule has 1 N–H and O–H groups in total. The number of rotatable bonds is 6. The smallest absolute Gasteiger partial charge is 0.0663 e. The Bertz CT molecular complexity index is 203. The van der Waals surface area contributed by atoms with E-state index in [9.17, 15) is 5.11 Å². The number of hydrogen-bond donors (Lipinski definition) is 1. The molecule has 0 amide bonds. The van der Waals surface area contributed by atoms with Crippen molar-refractivity contribution in [2.75, 3.05) is 19.6 Å². The van der Waals surface area contributed by atoms with Gasteiger partial charge in [0.2, 0.25) is 0 Å². The molecule has 0 radical (unpaired) electrons. The van der Waals surface area contributed by atoms with Crippen molar-refractivity contribution in [3.05, 3.63) is 0 Å². The van der Waals surface area contributed by atoms with E-state index in [4.69, 9.17) is 0 Å². The van der Waals surface area contributed by atoms with Crippen molar-refractivity contribution in [2.45, 2.75) is 71.3 Å². The molecule has 1 rings (SSSR count). The maximum Gasteiger partial charge on any atom is 0.0663 e. The maximum atomic E-state index is 10.7. The van der Waals surface area contributed by atoms with Crippen LogP contribution in [0.2, 0.25) is 0 Å². The highest BCUT2D eigenvalue weighted by Gasteiger charge is 2.31. The average molecular weight is 241 g/mol. The Balaban J connectivity index is 2.47. The molecule has 2 nitrogen and oxygen atoms in total. The summed E-state index contributed by atoms with van der Waals surface area (Å²) in [4.78, 5) is 2.52. The van der Waals surface area contributed by atoms with Crippen molar-refractivity contribution >= 4 is 0 Å². The number of hydrogen-bond acceptors (Lipinski definition) is 2. The third-order valence-electron chi connectivity index (χ3n) is 4.37. The Morgan fingerprint density at radius 1 is 1.12 bits per heavy atom. The summed E-state index contributed by atoms with van der Waals surface area (Å²) in [5.41, 5.74) is -0.376. The van der Waals surface area contributed by atoms with Gasteiger partial charge in [-0.25, -0.2) is 0 Å². The van der Waals surface area contributed by atoms with E-state index < -0.39 is 0 Å². The van der Waals surface area contributed by atoms with Gasteiger partial charge in [-0.3, -0.25) is 0 Å². The van der Waals surface area contributed by atoms with Crippen LogP contribution >= 0.6 is 0 Å². The van der Waals surface area contributed by atoms with Gasteiger partial charge < -0.3 is 10.0 Å². The molecule has 2 heteroatoms. The second-order valence-corrected chi connectivity index (χ2v) is 5.81. The molecule has 0 aromatic rings. The zero-order chi connectivity index (χ0) is 12.7. The topological polar surface area (TPSA) is 23.5 Å². The molecule has 1 unspecified atom stereocenters. The fourth-order valence-electron chi connectivity index (χ4n) is 3.09. The van der Waals surface area contributed by atoms with E-state index in [1.807, 2.05) is 0 Å². The van der Waals surface area contributed by atoms with Gasteiger partial charge in [-0.05, 0) is 51.1 Å². The first-order valence-electron chi connectivity index (χ1n) is 7.58. The van der Waals surface area contributed by atoms with E-state index in [2.05, 4.69) is 25.7 Å². The van der Waals surface area contributed by atoms with Crippen molar-refractivity contribution in [3.63, 3.8) is 0 Å². The van der Waals surface area contributed by atoms with Crippen LogP contribution in [-0.4, -0.2) is 35.2 Å². The van der Waals surface area contributed by atoms with E-state index in [0.717, 1.165) is 32.2 Å². The molecule has 1 heterocycles. The van der Waals surface area contributed by atoms with Crippen LogP contribution in [0.3, 0.4) is 0 Å². The van der Waals surface area contributed by atoms with E-state index in [1.165, 1.54) is 32.4 Å². The first-order valence-corrected chi connectivity index (χ1v) is 7.58. The van der Waals surface area contributed by atoms with E-state index in [1.54, 1.807) is 0 Å². The maximum absolute atomic E-state index is 10.7. The van der Waals surface area contributed by atoms with E-state index >= 15 is 0 Å². The molecule has 1 saturated heterocycles. The highest BCUT2D eigenvalue weighted by Crippen LogP contribution is 2.31. The minimum absolute atomic E-state index is 0.376. The first kappa shape index (κ1) is 15.0. The van der Waals surface area contributed by atoms with Gasteiger partial charge >= 0.3 is 0 Å². The van der Waals surface area contributed by atoms with Crippen molar-refractivity contribution in [1.82, 2.24) is 4.90 Å². The number of aliphatic hydroxyl groups is 1. The quantitative estimate of drug-likeness (QED) is 0.770. The zero-order valence-electron chi connectivity index (χ0n) is 12.0. The molecule has 0 aromatic carbocycles. The Kier molecular flexibility index (Phi) is 6.50. The van der Waals surface area contributed by atoms with Crippen molar-refractivity contribution in [2.24, 2.45) is 5.92 Å². The SMILES string of the molecule is CCCN1CCCC(O)(CC(CC)CC)CC1. The fraction of sp³-hybridized carbons (Fsp3) is 1.00. The summed E-state index contributed by atoms with van der Waals surface area (Å²) in [6, 6.07) is 0. The Hall–Kier alpha value is -0.0800. The minimum Gasteiger partial charge on any atom is -0.390 e. The van der Waals surface area contributed by atoms with Crippen LogP contribution in [0.15, 0.2) is 0 Å². The van der Waals surface area contributed by atoms with Gasteiger partial charge in [0.25, 0.3) is 0 Å². The summed E-state index contributed by atoms with van der Waals surface area (Å²) in [6.07, 6.45) is 7.80. The Morgan fingerprint density at radius 2 is 1.82 bits per heavy atom. The molecule has 0 aromatic heterocycles. The number of likely N-dealkylation sites (tertiary alicyclic amines) is 1. The predicted molar refractivity (Wildman–Crippen MR) is 74.2 cm³/mol. The lowest BCUT2D eigenvalue weighted by Gasteiger charge is -2.30. The second-order valence-electron chi connectivity index (χ2n) is 5.81. The van der Waals surface area contributed by atoms with Crippen LogP contribution in [-0.2, 0) is 0 Å². The van der Waals surface area contributed by atoms with Crippen molar-refractivity contribution < 1.29 is 5.11 Å². The molecule has 0 saturated carbocycles. The van der Waals surface area contributed by atoms with Crippen molar-refractivity contribution in [1.29, 1.82) is 0 Å². The molecular formula is C15H31NO. The van der Waals surface area contributed by atoms with Gasteiger partial charge in [-0.1, -0.05) is 33.6 Å². The fourth-order valence-corrected chi connectivity index (χ4v) is 3.09. The Morgan fingerprint density at radius 3 is 2.41 bits per heavy atom. The lowest BCUT2D eigenvalue weighted by atomic mass is 9.83. The molecule has 1 fully saturated rings. The van der Waals surface area contributed by atoms with Gasteiger partial charge in [0.15, 0.2) is 0 Å². The molecule has 0 spiro atoms. The standard InChI is InChI=1S/C15H31NO/c1-4-10-16-11-7-8-15(17,9-12-16)13-14(5-2)6-3/h14,17H,4-13H2,1-3H3. The molecule has 17 heavy (non-hydrogen) atoms. The third kappa shape index (κ3) is 4.97. The first-order chi connectivity index (χ1) is 8.13. The molecule has 1 aliphatic heterocycles. The highest BCUT2D eigenvalue weighted by atomic mass is 16.3. The summed E-state index contributed by atoms with van der Waals surface area (Å²) in [5.74, 6) is 0.706. The van der Waals surface area contributed by atoms with Gasteiger partial charge in [0, 0.05) is 6.54 Å². The summed E-state index contributed by atoms with van der Waals surface area (Å²) >= 11 is 0. The van der Waals surface area contributed by atoms with Gasteiger partial charge in [-0.15, -0.1) is 0 Å². The summed E-state index contributed by atoms with van der Waals surface area (Å²) in [7, 11) is 0. The summed E-state index contributed by atoms with van der Waals surface area (Å²) in [6.45, 7) is 10.2. The second kappa shape index (κ2) is 7.38. The van der Waals surface area contributed by atoms with Crippen LogP contribution in [0.25, 0.3) is 0 Å². The molecule has 102 valence electrons. The predicted octanol–water partition coefficient (Wildman–Crippen LogP) is 3.44. The van der Waals surface area contributed by atoms with Gasteiger partial charge in [0.05, 0.1) is 5.60 Å². The van der Waals surface area contributed by atoms with E-state index in [0.29, 0.717) is 5.92 Å². The lowest BCUT2D eigenvalue weighted by molar-refractivity contribution is 0.000665. The monoisotopic (exact) mass is 241 g/mol. The molecule has 0 aliphatic carbocycles. The number of nitrogens with zero attached hydrogens (tertiary/aromatic N) is 1. The normalized spacial score (nSPS) is 27.4. The highest BCUT2D eigenvalue weighted by molar-refractivity contribution is 4.85. The van der Waals surface area contributed by atoms with Crippen LogP contribution < -0.4 is 0 Å². The van der Waals surface area contributed by atoms with Crippen LogP contribution in [0, 0.1) is 5.92 Å². The zero-order valence-corrected chi connectivity index (χ0v) is 12.0. The van der Waals surface area contributed by atoms with Gasteiger partial charge in [-0.2, -0.15) is 0 Å². The lowest BCUT2D eigenvalue weighted by Crippen LogP contribution is -2.33.